The van der Waals surface area contributed by atoms with E-state index in [4.69, 9.17) is 14.6 Å². The van der Waals surface area contributed by atoms with Gasteiger partial charge in [0.15, 0.2) is 0 Å². The highest BCUT2D eigenvalue weighted by Crippen LogP contribution is 2.24. The molecule has 0 aromatic rings. The predicted octanol–water partition coefficient (Wildman–Crippen LogP) is -0.314. The van der Waals surface area contributed by atoms with Crippen molar-refractivity contribution in [1.29, 1.82) is 0 Å². The van der Waals surface area contributed by atoms with Gasteiger partial charge in [0, 0.05) is 19.0 Å². The molecule has 1 amide bonds. The number of aliphatic hydroxyl groups is 3. The van der Waals surface area contributed by atoms with E-state index in [1.165, 1.54) is 0 Å². The molecule has 0 radical (unpaired) electrons. The number of nitrogens with zero attached hydrogens (tertiary/aromatic N) is 1. The molecule has 4 unspecified atom stereocenters. The number of carbonyl (C=O) groups excluding carboxylic acids is 2. The average molecular weight is 345 g/mol. The van der Waals surface area contributed by atoms with Crippen LogP contribution < -0.4 is 0 Å². The van der Waals surface area contributed by atoms with Crippen molar-refractivity contribution in [3.05, 3.63) is 0 Å². The molecule has 3 N–H and O–H groups in total. The van der Waals surface area contributed by atoms with Crippen LogP contribution in [0.3, 0.4) is 0 Å². The molecule has 2 heterocycles. The largest absolute Gasteiger partial charge is 0.449 e. The molecule has 4 atom stereocenters. The Kier molecular flexibility index (Phi) is 6.97. The van der Waals surface area contributed by atoms with Crippen molar-refractivity contribution in [2.45, 2.75) is 57.0 Å². The zero-order valence-electron chi connectivity index (χ0n) is 14.0. The number of hydrogen-bond acceptors (Lipinski definition) is 7. The number of rotatable bonds is 6. The fourth-order valence-corrected chi connectivity index (χ4v) is 3.22. The first-order valence-electron chi connectivity index (χ1n) is 8.48. The molecule has 2 fully saturated rings. The molecular formula is C16H27NO7. The monoisotopic (exact) mass is 345 g/mol. The summed E-state index contributed by atoms with van der Waals surface area (Å²) in [6.07, 6.45) is -1.60. The van der Waals surface area contributed by atoms with Gasteiger partial charge in [0.05, 0.1) is 19.3 Å². The number of carbonyl (C=O) groups is 2. The third-order valence-corrected chi connectivity index (χ3v) is 4.83. The molecule has 2 aliphatic rings. The van der Waals surface area contributed by atoms with E-state index in [0.29, 0.717) is 38.8 Å². The number of piperidine rings is 1. The maximum Gasteiger partial charge on any atom is 0.409 e. The van der Waals surface area contributed by atoms with Crippen LogP contribution in [-0.2, 0) is 14.3 Å². The van der Waals surface area contributed by atoms with Crippen molar-refractivity contribution in [2.24, 2.45) is 5.92 Å². The number of amides is 1. The SMILES string of the molecule is CC(=O)C1CCN(C(=O)OCCCC2OC(CO)C(O)C2O)CC1. The third kappa shape index (κ3) is 4.66. The van der Waals surface area contributed by atoms with Crippen LogP contribution in [0.4, 0.5) is 4.79 Å². The van der Waals surface area contributed by atoms with E-state index in [9.17, 15) is 19.8 Å². The lowest BCUT2D eigenvalue weighted by Crippen LogP contribution is -2.40. The van der Waals surface area contributed by atoms with E-state index in [2.05, 4.69) is 0 Å². The zero-order chi connectivity index (χ0) is 17.7. The van der Waals surface area contributed by atoms with E-state index in [1.54, 1.807) is 11.8 Å². The summed E-state index contributed by atoms with van der Waals surface area (Å²) >= 11 is 0. The van der Waals surface area contributed by atoms with E-state index >= 15 is 0 Å². The Morgan fingerprint density at radius 1 is 1.17 bits per heavy atom. The Bertz CT molecular complexity index is 436. The highest BCUT2D eigenvalue weighted by atomic mass is 16.6. The lowest BCUT2D eigenvalue weighted by Gasteiger charge is -2.30. The number of Topliss-reactive ketones (excluding diaryl/α,β-unsaturated/α-hetero) is 1. The lowest BCUT2D eigenvalue weighted by atomic mass is 9.94. The van der Waals surface area contributed by atoms with Gasteiger partial charge in [-0.05, 0) is 32.6 Å². The quantitative estimate of drug-likeness (QED) is 0.565. The Labute approximate surface area is 141 Å². The van der Waals surface area contributed by atoms with Crippen molar-refractivity contribution < 1.29 is 34.4 Å². The number of ether oxygens (including phenoxy) is 2. The number of aliphatic hydroxyl groups excluding tert-OH is 3. The van der Waals surface area contributed by atoms with E-state index in [-0.39, 0.29) is 24.9 Å². The highest BCUT2D eigenvalue weighted by Gasteiger charge is 2.41. The van der Waals surface area contributed by atoms with Crippen molar-refractivity contribution >= 4 is 11.9 Å². The molecule has 0 aromatic heterocycles. The Hall–Kier alpha value is -1.22. The number of likely N-dealkylation sites (tertiary alicyclic amines) is 1. The molecule has 24 heavy (non-hydrogen) atoms. The van der Waals surface area contributed by atoms with Gasteiger partial charge >= 0.3 is 6.09 Å². The second kappa shape index (κ2) is 8.75. The topological polar surface area (TPSA) is 117 Å². The second-order valence-electron chi connectivity index (χ2n) is 6.51. The van der Waals surface area contributed by atoms with Crippen LogP contribution in [0.15, 0.2) is 0 Å². The normalized spacial score (nSPS) is 31.2. The van der Waals surface area contributed by atoms with Crippen molar-refractivity contribution in [3.63, 3.8) is 0 Å². The molecule has 8 nitrogen and oxygen atoms in total. The fourth-order valence-electron chi connectivity index (χ4n) is 3.22. The predicted molar refractivity (Wildman–Crippen MR) is 83.3 cm³/mol. The minimum absolute atomic E-state index is 0.0425. The number of ketones is 1. The summed E-state index contributed by atoms with van der Waals surface area (Å²) in [7, 11) is 0. The van der Waals surface area contributed by atoms with Gasteiger partial charge in [0.2, 0.25) is 0 Å². The van der Waals surface area contributed by atoms with Crippen LogP contribution in [0.5, 0.6) is 0 Å². The molecule has 0 aliphatic carbocycles. The molecule has 2 saturated heterocycles. The molecule has 0 aromatic carbocycles. The molecule has 0 saturated carbocycles. The molecule has 0 bridgehead atoms. The molecular weight excluding hydrogens is 318 g/mol. The first-order valence-corrected chi connectivity index (χ1v) is 8.48. The van der Waals surface area contributed by atoms with Gasteiger partial charge in [-0.1, -0.05) is 0 Å². The maximum absolute atomic E-state index is 12.0. The highest BCUT2D eigenvalue weighted by molar-refractivity contribution is 5.78. The van der Waals surface area contributed by atoms with Crippen LogP contribution in [0.2, 0.25) is 0 Å². The standard InChI is InChI=1S/C16H27NO7/c1-10(19)11-4-6-17(7-5-11)16(22)23-8-2-3-12-14(20)15(21)13(9-18)24-12/h11-15,18,20-21H,2-9H2,1H3. The molecule has 8 heteroatoms. The summed E-state index contributed by atoms with van der Waals surface area (Å²) in [5, 5.41) is 28.5. The molecule has 2 aliphatic heterocycles. The Morgan fingerprint density at radius 2 is 1.79 bits per heavy atom. The molecule has 2 rings (SSSR count). The fraction of sp³-hybridized carbons (Fsp3) is 0.875. The zero-order valence-corrected chi connectivity index (χ0v) is 14.0. The minimum Gasteiger partial charge on any atom is -0.449 e. The van der Waals surface area contributed by atoms with Crippen molar-refractivity contribution in [1.82, 2.24) is 4.90 Å². The lowest BCUT2D eigenvalue weighted by molar-refractivity contribution is -0.122. The second-order valence-corrected chi connectivity index (χ2v) is 6.51. The first kappa shape index (κ1) is 19.1. The summed E-state index contributed by atoms with van der Waals surface area (Å²) in [4.78, 5) is 24.9. The van der Waals surface area contributed by atoms with E-state index < -0.39 is 30.5 Å². The van der Waals surface area contributed by atoms with E-state index in [0.717, 1.165) is 0 Å². The van der Waals surface area contributed by atoms with Crippen molar-refractivity contribution in [2.75, 3.05) is 26.3 Å². The van der Waals surface area contributed by atoms with Gasteiger partial charge in [-0.25, -0.2) is 4.79 Å². The van der Waals surface area contributed by atoms with Gasteiger partial charge in [0.25, 0.3) is 0 Å². The summed E-state index contributed by atoms with van der Waals surface area (Å²) in [5.41, 5.74) is 0. The first-order chi connectivity index (χ1) is 11.4. The summed E-state index contributed by atoms with van der Waals surface area (Å²) < 4.78 is 10.6. The summed E-state index contributed by atoms with van der Waals surface area (Å²) in [5.74, 6) is 0.211. The van der Waals surface area contributed by atoms with Gasteiger partial charge < -0.3 is 29.7 Å². The smallest absolute Gasteiger partial charge is 0.409 e. The van der Waals surface area contributed by atoms with Crippen LogP contribution in [0, 0.1) is 5.92 Å². The average Bonchev–Trinajstić information content (AvgIpc) is 2.86. The van der Waals surface area contributed by atoms with Crippen LogP contribution >= 0.6 is 0 Å². The van der Waals surface area contributed by atoms with Gasteiger partial charge in [-0.2, -0.15) is 0 Å². The van der Waals surface area contributed by atoms with Gasteiger partial charge in [0.1, 0.15) is 24.1 Å². The maximum atomic E-state index is 12.0. The Morgan fingerprint density at radius 3 is 2.33 bits per heavy atom. The van der Waals surface area contributed by atoms with Crippen LogP contribution in [-0.4, -0.2) is 82.8 Å². The van der Waals surface area contributed by atoms with Gasteiger partial charge in [-0.15, -0.1) is 0 Å². The van der Waals surface area contributed by atoms with Crippen LogP contribution in [0.25, 0.3) is 0 Å². The van der Waals surface area contributed by atoms with Gasteiger partial charge in [-0.3, -0.25) is 4.79 Å². The third-order valence-electron chi connectivity index (χ3n) is 4.83. The van der Waals surface area contributed by atoms with Crippen molar-refractivity contribution in [3.8, 4) is 0 Å². The van der Waals surface area contributed by atoms with E-state index in [1.807, 2.05) is 0 Å². The molecule has 0 spiro atoms. The minimum atomic E-state index is -1.09. The summed E-state index contributed by atoms with van der Waals surface area (Å²) in [6, 6.07) is 0. The Balaban J connectivity index is 1.63. The molecule has 138 valence electrons. The number of hydrogen-bond donors (Lipinski definition) is 3. The summed E-state index contributed by atoms with van der Waals surface area (Å²) in [6.45, 7) is 2.48. The van der Waals surface area contributed by atoms with Crippen LogP contribution in [0.1, 0.15) is 32.6 Å².